The summed E-state index contributed by atoms with van der Waals surface area (Å²) in [7, 11) is 2.10. The molecule has 9 heteroatoms. The van der Waals surface area contributed by atoms with E-state index in [4.69, 9.17) is 14.5 Å². The van der Waals surface area contributed by atoms with Crippen LogP contribution in [0, 0.1) is 32.5 Å². The van der Waals surface area contributed by atoms with Gasteiger partial charge in [-0.3, -0.25) is 4.90 Å². The van der Waals surface area contributed by atoms with Crippen LogP contribution in [0.1, 0.15) is 53.1 Å². The first-order valence-corrected chi connectivity index (χ1v) is 15.6. The molecule has 2 aliphatic rings. The highest BCUT2D eigenvalue weighted by atomic mass is 19.1. The van der Waals surface area contributed by atoms with Crippen molar-refractivity contribution in [3.63, 3.8) is 0 Å². The topological polar surface area (TPSA) is 79.8 Å². The Morgan fingerprint density at radius 1 is 1.07 bits per heavy atom. The number of fused-ring (bicyclic) bond motifs is 1. The summed E-state index contributed by atoms with van der Waals surface area (Å²) in [6, 6.07) is 18.3. The molecule has 1 N–H and O–H groups in total. The number of hydrogen-bond acceptors (Lipinski definition) is 7. The van der Waals surface area contributed by atoms with Gasteiger partial charge in [0.1, 0.15) is 11.6 Å². The van der Waals surface area contributed by atoms with Crippen LogP contribution in [0.2, 0.25) is 0 Å². The third-order valence-electron chi connectivity index (χ3n) is 8.68. The molecule has 1 aliphatic carbocycles. The van der Waals surface area contributed by atoms with E-state index in [1.807, 2.05) is 45.0 Å². The lowest BCUT2D eigenvalue weighted by Crippen LogP contribution is -2.37. The van der Waals surface area contributed by atoms with Gasteiger partial charge in [0.25, 0.3) is 0 Å². The van der Waals surface area contributed by atoms with E-state index in [-0.39, 0.29) is 17.7 Å². The van der Waals surface area contributed by atoms with Gasteiger partial charge in [0, 0.05) is 30.4 Å². The molecule has 8 nitrogen and oxygen atoms in total. The van der Waals surface area contributed by atoms with Crippen LogP contribution in [-0.2, 0) is 6.42 Å². The van der Waals surface area contributed by atoms with Crippen molar-refractivity contribution in [1.82, 2.24) is 14.9 Å². The first-order chi connectivity index (χ1) is 21.7. The second-order valence-electron chi connectivity index (χ2n) is 12.3. The van der Waals surface area contributed by atoms with Crippen LogP contribution < -0.4 is 19.7 Å². The zero-order valence-corrected chi connectivity index (χ0v) is 26.3. The molecular formula is C36H40FN5O3. The highest BCUT2D eigenvalue weighted by molar-refractivity contribution is 5.90. The minimum absolute atomic E-state index is 0.221. The lowest BCUT2D eigenvalue weighted by molar-refractivity contribution is 0.147. The number of rotatable bonds is 8. The maximum Gasteiger partial charge on any atom is 0.421 e. The van der Waals surface area contributed by atoms with Crippen LogP contribution in [0.15, 0.2) is 66.9 Å². The average Bonchev–Trinajstić information content (AvgIpc) is 3.43. The molecule has 2 heterocycles. The molecule has 0 spiro atoms. The number of ether oxygens (including phenoxy) is 2. The number of hydrogen-bond donors (Lipinski definition) is 1. The van der Waals surface area contributed by atoms with Gasteiger partial charge in [-0.15, -0.1) is 0 Å². The first kappa shape index (κ1) is 30.5. The molecule has 2 unspecified atom stereocenters. The molecule has 3 aromatic carbocycles. The average molecular weight is 610 g/mol. The Bertz CT molecular complexity index is 1670. The van der Waals surface area contributed by atoms with E-state index < -0.39 is 11.9 Å². The standard InChI is InChI=1S/C36H40FN5O3/c1-23-18-24(2)34(25(3)19-23)45-36(43)42(31-13-11-27-9-5-6-10-29(27)31)33-15-16-38-35(40-33)39-28-12-14-32(30(37)20-28)44-22-26-8-7-17-41(4)21-26/h5-6,9-10,12,14-16,18-20,26,31H,7-8,11,13,17,21-22H2,1-4H3,(H,38,39,40). The van der Waals surface area contributed by atoms with Crippen LogP contribution in [0.3, 0.4) is 0 Å². The quantitative estimate of drug-likeness (QED) is 0.219. The van der Waals surface area contributed by atoms with E-state index in [1.165, 1.54) is 11.6 Å². The molecule has 234 valence electrons. The molecule has 2 atom stereocenters. The van der Waals surface area contributed by atoms with Gasteiger partial charge in [-0.05, 0) is 100 Å². The number of carbonyl (C=O) groups is 1. The van der Waals surface area contributed by atoms with E-state index >= 15 is 4.39 Å². The van der Waals surface area contributed by atoms with E-state index in [2.05, 4.69) is 34.4 Å². The summed E-state index contributed by atoms with van der Waals surface area (Å²) in [5, 5.41) is 3.10. The maximum atomic E-state index is 15.1. The molecule has 1 amide bonds. The number of carbonyl (C=O) groups excluding carboxylic acids is 1. The molecule has 6 rings (SSSR count). The lowest BCUT2D eigenvalue weighted by Gasteiger charge is -2.29. The number of piperidine rings is 1. The molecule has 0 bridgehead atoms. The predicted molar refractivity (Wildman–Crippen MR) is 174 cm³/mol. The summed E-state index contributed by atoms with van der Waals surface area (Å²) in [6.45, 7) is 8.43. The van der Waals surface area contributed by atoms with Crippen molar-refractivity contribution in [2.75, 3.05) is 37.0 Å². The summed E-state index contributed by atoms with van der Waals surface area (Å²) in [6.07, 6.45) is 4.85. The maximum absolute atomic E-state index is 15.1. The van der Waals surface area contributed by atoms with E-state index in [0.717, 1.165) is 61.0 Å². The minimum atomic E-state index is -0.520. The van der Waals surface area contributed by atoms with Gasteiger partial charge >= 0.3 is 6.09 Å². The minimum Gasteiger partial charge on any atom is -0.490 e. The Labute approximate surface area is 264 Å². The number of amides is 1. The van der Waals surface area contributed by atoms with Crippen molar-refractivity contribution in [3.8, 4) is 11.5 Å². The zero-order valence-electron chi connectivity index (χ0n) is 26.3. The van der Waals surface area contributed by atoms with Crippen molar-refractivity contribution >= 4 is 23.5 Å². The Balaban J connectivity index is 1.23. The van der Waals surface area contributed by atoms with Crippen molar-refractivity contribution in [1.29, 1.82) is 0 Å². The number of aromatic nitrogens is 2. The zero-order chi connectivity index (χ0) is 31.5. The number of halogens is 1. The summed E-state index contributed by atoms with van der Waals surface area (Å²) in [5.41, 5.74) is 5.61. The van der Waals surface area contributed by atoms with Gasteiger partial charge in [-0.2, -0.15) is 4.98 Å². The first-order valence-electron chi connectivity index (χ1n) is 15.6. The van der Waals surface area contributed by atoms with E-state index in [9.17, 15) is 4.79 Å². The predicted octanol–water partition coefficient (Wildman–Crippen LogP) is 7.70. The molecule has 4 aromatic rings. The number of benzene rings is 3. The Morgan fingerprint density at radius 2 is 1.87 bits per heavy atom. The van der Waals surface area contributed by atoms with Gasteiger partial charge in [-0.25, -0.2) is 14.2 Å². The molecule has 1 fully saturated rings. The fraction of sp³-hybridized carbons (Fsp3) is 0.361. The van der Waals surface area contributed by atoms with Crippen molar-refractivity contribution in [2.45, 2.75) is 52.5 Å². The van der Waals surface area contributed by atoms with Gasteiger partial charge in [-0.1, -0.05) is 42.0 Å². The molecular weight excluding hydrogens is 569 g/mol. The molecule has 1 saturated heterocycles. The fourth-order valence-electron chi connectivity index (χ4n) is 6.63. The van der Waals surface area contributed by atoms with Crippen molar-refractivity contribution in [3.05, 3.63) is 100 Å². The van der Waals surface area contributed by atoms with Crippen molar-refractivity contribution in [2.24, 2.45) is 5.92 Å². The summed E-state index contributed by atoms with van der Waals surface area (Å²) in [5.74, 6) is 1.31. The SMILES string of the molecule is Cc1cc(C)c(OC(=O)N(c2ccnc(Nc3ccc(OCC4CCCN(C)C4)c(F)c3)n2)C2CCc3ccccc32)c(C)c1. The van der Waals surface area contributed by atoms with Crippen LogP contribution >= 0.6 is 0 Å². The third-order valence-corrected chi connectivity index (χ3v) is 8.68. The Morgan fingerprint density at radius 3 is 2.64 bits per heavy atom. The Hall–Kier alpha value is -4.50. The van der Waals surface area contributed by atoms with Crippen LogP contribution in [-0.4, -0.2) is 47.7 Å². The highest BCUT2D eigenvalue weighted by Crippen LogP contribution is 2.39. The molecule has 1 aliphatic heterocycles. The molecule has 0 saturated carbocycles. The van der Waals surface area contributed by atoms with Crippen LogP contribution in [0.25, 0.3) is 0 Å². The summed E-state index contributed by atoms with van der Waals surface area (Å²) in [4.78, 5) is 27.0. The molecule has 45 heavy (non-hydrogen) atoms. The number of nitrogens with one attached hydrogen (secondary N) is 1. The van der Waals surface area contributed by atoms with Crippen LogP contribution in [0.5, 0.6) is 11.5 Å². The van der Waals surface area contributed by atoms with Gasteiger partial charge in [0.05, 0.1) is 12.6 Å². The highest BCUT2D eigenvalue weighted by Gasteiger charge is 2.35. The number of aryl methyl sites for hydroxylation is 4. The smallest absolute Gasteiger partial charge is 0.421 e. The third kappa shape index (κ3) is 6.93. The van der Waals surface area contributed by atoms with Gasteiger partial charge in [0.15, 0.2) is 11.6 Å². The monoisotopic (exact) mass is 609 g/mol. The lowest BCUT2D eigenvalue weighted by atomic mass is 10.00. The van der Waals surface area contributed by atoms with Gasteiger partial charge < -0.3 is 19.7 Å². The number of likely N-dealkylation sites (tertiary alicyclic amines) is 1. The number of nitrogens with zero attached hydrogens (tertiary/aromatic N) is 4. The van der Waals surface area contributed by atoms with Crippen LogP contribution in [0.4, 0.5) is 26.6 Å². The normalized spacial score (nSPS) is 17.9. The van der Waals surface area contributed by atoms with Gasteiger partial charge in [0.2, 0.25) is 5.95 Å². The largest absolute Gasteiger partial charge is 0.490 e. The Kier molecular flexibility index (Phi) is 8.98. The fourth-order valence-corrected chi connectivity index (χ4v) is 6.63. The van der Waals surface area contributed by atoms with E-state index in [0.29, 0.717) is 29.8 Å². The molecule has 1 aromatic heterocycles. The van der Waals surface area contributed by atoms with E-state index in [1.54, 1.807) is 29.3 Å². The summed E-state index contributed by atoms with van der Waals surface area (Å²) >= 11 is 0. The summed E-state index contributed by atoms with van der Waals surface area (Å²) < 4.78 is 27.0. The van der Waals surface area contributed by atoms with Crippen molar-refractivity contribution < 1.29 is 18.7 Å². The molecule has 0 radical (unpaired) electrons. The second-order valence-corrected chi connectivity index (χ2v) is 12.3. The second kappa shape index (κ2) is 13.2. The number of anilines is 3.